The van der Waals surface area contributed by atoms with Crippen LogP contribution in [-0.2, 0) is 0 Å². The molecule has 0 bridgehead atoms. The summed E-state index contributed by atoms with van der Waals surface area (Å²) in [6, 6.07) is 10.1. The molecular formula is C11H7N3S. The van der Waals surface area contributed by atoms with Crippen molar-refractivity contribution >= 4 is 21.8 Å². The first-order chi connectivity index (χ1) is 7.43. The Morgan fingerprint density at radius 1 is 0.933 bits per heavy atom. The summed E-state index contributed by atoms with van der Waals surface area (Å²) >= 11 is 1.57. The van der Waals surface area contributed by atoms with Gasteiger partial charge in [-0.25, -0.2) is 15.0 Å². The zero-order valence-corrected chi connectivity index (χ0v) is 8.61. The molecule has 0 aliphatic carbocycles. The minimum absolute atomic E-state index is 0.723. The highest BCUT2D eigenvalue weighted by atomic mass is 32.1. The minimum Gasteiger partial charge on any atom is -0.240 e. The second-order valence-electron chi connectivity index (χ2n) is 3.07. The lowest BCUT2D eigenvalue weighted by atomic mass is 10.2. The van der Waals surface area contributed by atoms with Crippen molar-refractivity contribution in [3.63, 3.8) is 0 Å². The van der Waals surface area contributed by atoms with Crippen LogP contribution in [0.5, 0.6) is 0 Å². The maximum absolute atomic E-state index is 4.43. The Labute approximate surface area is 90.5 Å². The predicted octanol–water partition coefficient (Wildman–Crippen LogP) is 2.75. The molecule has 2 aromatic heterocycles. The van der Waals surface area contributed by atoms with Crippen LogP contribution in [0.4, 0.5) is 0 Å². The lowest BCUT2D eigenvalue weighted by Crippen LogP contribution is -1.77. The highest BCUT2D eigenvalue weighted by molar-refractivity contribution is 7.21. The van der Waals surface area contributed by atoms with Gasteiger partial charge in [0, 0.05) is 18.0 Å². The number of hydrogen-bond donors (Lipinski definition) is 0. The van der Waals surface area contributed by atoms with E-state index in [0.717, 1.165) is 21.0 Å². The molecule has 0 fully saturated rings. The number of thiazole rings is 1. The van der Waals surface area contributed by atoms with Crippen molar-refractivity contribution in [3.05, 3.63) is 42.7 Å². The van der Waals surface area contributed by atoms with E-state index >= 15 is 0 Å². The van der Waals surface area contributed by atoms with Crippen LogP contribution in [0.25, 0.3) is 21.0 Å². The molecule has 3 rings (SSSR count). The van der Waals surface area contributed by atoms with Gasteiger partial charge >= 0.3 is 0 Å². The van der Waals surface area contributed by atoms with Gasteiger partial charge in [-0.1, -0.05) is 41.7 Å². The van der Waals surface area contributed by atoms with E-state index in [1.165, 1.54) is 0 Å². The molecule has 0 aliphatic rings. The fourth-order valence-electron chi connectivity index (χ4n) is 1.38. The maximum Gasteiger partial charge on any atom is 0.190 e. The molecule has 0 amide bonds. The van der Waals surface area contributed by atoms with Crippen molar-refractivity contribution in [2.75, 3.05) is 0 Å². The Bertz CT molecular complexity index is 556. The van der Waals surface area contributed by atoms with E-state index in [9.17, 15) is 0 Å². The molecule has 0 N–H and O–H groups in total. The summed E-state index contributed by atoms with van der Waals surface area (Å²) in [4.78, 5) is 13.7. The van der Waals surface area contributed by atoms with Crippen LogP contribution in [0.1, 0.15) is 0 Å². The molecular weight excluding hydrogens is 206 g/mol. The normalized spacial score (nSPS) is 10.7. The number of fused-ring (bicyclic) bond motifs is 1. The second-order valence-corrected chi connectivity index (χ2v) is 4.05. The van der Waals surface area contributed by atoms with Crippen LogP contribution in [0, 0.1) is 0 Å². The zero-order chi connectivity index (χ0) is 10.1. The predicted molar refractivity (Wildman–Crippen MR) is 60.6 cm³/mol. The van der Waals surface area contributed by atoms with Crippen LogP contribution in [-0.4, -0.2) is 15.0 Å². The van der Waals surface area contributed by atoms with E-state index in [2.05, 4.69) is 15.0 Å². The van der Waals surface area contributed by atoms with Crippen LogP contribution >= 0.6 is 11.3 Å². The third-order valence-electron chi connectivity index (χ3n) is 2.07. The second kappa shape index (κ2) is 3.40. The molecule has 0 spiro atoms. The minimum atomic E-state index is 0.723. The van der Waals surface area contributed by atoms with Crippen LogP contribution in [0.2, 0.25) is 0 Å². The average Bonchev–Trinajstić information content (AvgIpc) is 2.74. The molecule has 0 saturated carbocycles. The summed E-state index contributed by atoms with van der Waals surface area (Å²) < 4.78 is 0. The topological polar surface area (TPSA) is 38.7 Å². The molecule has 1 aromatic carbocycles. The Kier molecular flexibility index (Phi) is 1.93. The van der Waals surface area contributed by atoms with E-state index in [4.69, 9.17) is 0 Å². The summed E-state index contributed by atoms with van der Waals surface area (Å²) in [5, 5.41) is 0.969. The van der Waals surface area contributed by atoms with Crippen LogP contribution < -0.4 is 0 Å². The highest BCUT2D eigenvalue weighted by Crippen LogP contribution is 2.27. The monoisotopic (exact) mass is 213 g/mol. The number of aromatic nitrogens is 3. The van der Waals surface area contributed by atoms with Crippen LogP contribution in [0.15, 0.2) is 42.7 Å². The molecule has 3 aromatic rings. The first-order valence-electron chi connectivity index (χ1n) is 4.56. The van der Waals surface area contributed by atoms with Crippen molar-refractivity contribution < 1.29 is 0 Å². The molecule has 2 heterocycles. The van der Waals surface area contributed by atoms with Gasteiger partial charge in [0.15, 0.2) is 10.5 Å². The average molecular weight is 213 g/mol. The van der Waals surface area contributed by atoms with E-state index < -0.39 is 0 Å². The van der Waals surface area contributed by atoms with E-state index in [1.807, 2.05) is 30.3 Å². The number of benzene rings is 1. The summed E-state index contributed by atoms with van der Waals surface area (Å²) in [6.45, 7) is 0. The van der Waals surface area contributed by atoms with Gasteiger partial charge in [0.2, 0.25) is 0 Å². The smallest absolute Gasteiger partial charge is 0.190 e. The summed E-state index contributed by atoms with van der Waals surface area (Å²) in [5.74, 6) is 0. The SMILES string of the molecule is c1ccc(-c2nc3nccnc3s2)cc1. The van der Waals surface area contributed by atoms with Gasteiger partial charge in [0.05, 0.1) is 0 Å². The van der Waals surface area contributed by atoms with E-state index in [1.54, 1.807) is 23.7 Å². The number of hydrogen-bond acceptors (Lipinski definition) is 4. The molecule has 4 heteroatoms. The van der Waals surface area contributed by atoms with Crippen LogP contribution in [0.3, 0.4) is 0 Å². The van der Waals surface area contributed by atoms with Crippen molar-refractivity contribution in [1.82, 2.24) is 15.0 Å². The standard InChI is InChI=1S/C11H7N3S/c1-2-4-8(5-3-1)10-14-9-11(15-10)13-7-6-12-9/h1-7H. The van der Waals surface area contributed by atoms with Gasteiger partial charge in [-0.15, -0.1) is 0 Å². The largest absolute Gasteiger partial charge is 0.240 e. The Morgan fingerprint density at radius 2 is 1.73 bits per heavy atom. The number of nitrogens with zero attached hydrogens (tertiary/aromatic N) is 3. The molecule has 72 valence electrons. The summed E-state index contributed by atoms with van der Waals surface area (Å²) in [6.07, 6.45) is 3.35. The van der Waals surface area contributed by atoms with Gasteiger partial charge in [0.25, 0.3) is 0 Å². The lowest BCUT2D eigenvalue weighted by molar-refractivity contribution is 1.26. The Balaban J connectivity index is 2.21. The van der Waals surface area contributed by atoms with Gasteiger partial charge < -0.3 is 0 Å². The van der Waals surface area contributed by atoms with Crippen molar-refractivity contribution in [1.29, 1.82) is 0 Å². The first-order valence-corrected chi connectivity index (χ1v) is 5.38. The summed E-state index contributed by atoms with van der Waals surface area (Å²) in [5.41, 5.74) is 1.84. The summed E-state index contributed by atoms with van der Waals surface area (Å²) in [7, 11) is 0. The third kappa shape index (κ3) is 1.49. The van der Waals surface area contributed by atoms with E-state index in [0.29, 0.717) is 0 Å². The van der Waals surface area contributed by atoms with Gasteiger partial charge in [-0.3, -0.25) is 0 Å². The fourth-order valence-corrected chi connectivity index (χ4v) is 2.25. The maximum atomic E-state index is 4.43. The molecule has 0 aliphatic heterocycles. The molecule has 0 radical (unpaired) electrons. The highest BCUT2D eigenvalue weighted by Gasteiger charge is 2.06. The van der Waals surface area contributed by atoms with Gasteiger partial charge in [0.1, 0.15) is 5.01 Å². The third-order valence-corrected chi connectivity index (χ3v) is 3.07. The van der Waals surface area contributed by atoms with Gasteiger partial charge in [-0.05, 0) is 0 Å². The number of rotatable bonds is 1. The molecule has 15 heavy (non-hydrogen) atoms. The quantitative estimate of drug-likeness (QED) is 0.624. The van der Waals surface area contributed by atoms with E-state index in [-0.39, 0.29) is 0 Å². The molecule has 3 nitrogen and oxygen atoms in total. The van der Waals surface area contributed by atoms with Crippen molar-refractivity contribution in [2.24, 2.45) is 0 Å². The fraction of sp³-hybridized carbons (Fsp3) is 0. The molecule has 0 saturated heterocycles. The zero-order valence-electron chi connectivity index (χ0n) is 7.79. The molecule has 0 unspecified atom stereocenters. The Morgan fingerprint density at radius 3 is 2.53 bits per heavy atom. The Hall–Kier alpha value is -1.81. The lowest BCUT2D eigenvalue weighted by Gasteiger charge is -1.91. The van der Waals surface area contributed by atoms with Crippen molar-refractivity contribution in [2.45, 2.75) is 0 Å². The first kappa shape index (κ1) is 8.49. The molecule has 0 atom stereocenters. The van der Waals surface area contributed by atoms with Gasteiger partial charge in [-0.2, -0.15) is 0 Å². The van der Waals surface area contributed by atoms with Crippen molar-refractivity contribution in [3.8, 4) is 10.6 Å².